The van der Waals surface area contributed by atoms with Gasteiger partial charge in [-0.2, -0.15) is 0 Å². The van der Waals surface area contributed by atoms with E-state index < -0.39 is 60.2 Å². The quantitative estimate of drug-likeness (QED) is 0.0681. The van der Waals surface area contributed by atoms with Crippen molar-refractivity contribution in [2.45, 2.75) is 56.8 Å². The Kier molecular flexibility index (Phi) is 11.2. The normalized spacial score (nSPS) is 13.9. The van der Waals surface area contributed by atoms with E-state index in [1.165, 1.54) is 6.92 Å². The minimum atomic E-state index is -1.60. The van der Waals surface area contributed by atoms with Gasteiger partial charge in [0, 0.05) is 30.1 Å². The van der Waals surface area contributed by atoms with Gasteiger partial charge in [0.05, 0.1) is 12.5 Å². The van der Waals surface area contributed by atoms with Crippen molar-refractivity contribution in [3.8, 4) is 0 Å². The van der Waals surface area contributed by atoms with Crippen molar-refractivity contribution < 1.29 is 34.2 Å². The molecule has 212 valence electrons. The van der Waals surface area contributed by atoms with Crippen LogP contribution in [0.4, 0.5) is 0 Å². The molecule has 1 aromatic heterocycles. The lowest BCUT2D eigenvalue weighted by molar-refractivity contribution is -0.143. The van der Waals surface area contributed by atoms with E-state index >= 15 is 0 Å². The van der Waals surface area contributed by atoms with Crippen LogP contribution in [0.5, 0.6) is 0 Å². The van der Waals surface area contributed by atoms with Crippen LogP contribution in [0.1, 0.15) is 31.7 Å². The first-order valence-electron chi connectivity index (χ1n) is 12.1. The number of rotatable bonds is 15. The number of carbonyl (C=O) groups excluding carboxylic acids is 3. The SMILES string of the molecule is CC(NC(=O)C(N)CCCN=C(N)N)C(=O)NC(CC(=O)O)C(=O)NC(Cc1c[nH]c2ccccc12)C(=O)O. The molecule has 0 fully saturated rings. The van der Waals surface area contributed by atoms with Crippen molar-refractivity contribution in [3.63, 3.8) is 0 Å². The van der Waals surface area contributed by atoms with Gasteiger partial charge in [0.1, 0.15) is 18.1 Å². The number of aromatic amines is 1. The average molecular weight is 547 g/mol. The maximum Gasteiger partial charge on any atom is 0.326 e. The number of guanidine groups is 1. The van der Waals surface area contributed by atoms with Gasteiger partial charge in [-0.1, -0.05) is 18.2 Å². The summed E-state index contributed by atoms with van der Waals surface area (Å²) < 4.78 is 0. The number of amides is 3. The number of H-pyrrole nitrogens is 1. The summed E-state index contributed by atoms with van der Waals surface area (Å²) in [6.07, 6.45) is 1.36. The highest BCUT2D eigenvalue weighted by Crippen LogP contribution is 2.19. The van der Waals surface area contributed by atoms with Gasteiger partial charge in [0.15, 0.2) is 5.96 Å². The zero-order valence-corrected chi connectivity index (χ0v) is 21.3. The highest BCUT2D eigenvalue weighted by Gasteiger charge is 2.30. The molecule has 39 heavy (non-hydrogen) atoms. The summed E-state index contributed by atoms with van der Waals surface area (Å²) >= 11 is 0. The predicted octanol–water partition coefficient (Wildman–Crippen LogP) is -1.88. The molecule has 0 aliphatic heterocycles. The van der Waals surface area contributed by atoms with E-state index in [0.717, 1.165) is 10.9 Å². The van der Waals surface area contributed by atoms with Gasteiger partial charge >= 0.3 is 11.9 Å². The second kappa shape index (κ2) is 14.3. The molecule has 4 atom stereocenters. The molecule has 0 bridgehead atoms. The molecule has 0 saturated carbocycles. The first-order valence-corrected chi connectivity index (χ1v) is 12.1. The lowest BCUT2D eigenvalue weighted by Gasteiger charge is -2.23. The highest BCUT2D eigenvalue weighted by molar-refractivity contribution is 5.95. The Hall–Kier alpha value is -4.66. The van der Waals surface area contributed by atoms with Crippen LogP contribution in [-0.4, -0.2) is 81.5 Å². The number of carboxylic acid groups (broad SMARTS) is 2. The third-order valence-electron chi connectivity index (χ3n) is 5.78. The number of benzene rings is 1. The molecular formula is C24H34N8O7. The Morgan fingerprint density at radius 2 is 1.64 bits per heavy atom. The largest absolute Gasteiger partial charge is 0.481 e. The number of para-hydroxylation sites is 1. The van der Waals surface area contributed by atoms with Crippen molar-refractivity contribution in [1.29, 1.82) is 0 Å². The fourth-order valence-electron chi connectivity index (χ4n) is 3.71. The molecule has 0 aliphatic rings. The maximum absolute atomic E-state index is 12.9. The molecule has 0 spiro atoms. The van der Waals surface area contributed by atoms with E-state index in [4.69, 9.17) is 17.2 Å². The molecule has 2 rings (SSSR count). The Balaban J connectivity index is 2.01. The van der Waals surface area contributed by atoms with E-state index in [9.17, 15) is 34.2 Å². The first-order chi connectivity index (χ1) is 18.4. The number of aliphatic carboxylic acids is 2. The standard InChI is InChI=1S/C24H34N8O7/c1-12(30-21(36)15(25)6-4-8-28-24(26)27)20(35)31-17(10-19(33)34)22(37)32-18(23(38)39)9-13-11-29-16-7-3-2-5-14(13)16/h2-3,5,7,11-12,15,17-18,29H,4,6,8-10,25H2,1H3,(H,30,36)(H,31,35)(H,32,37)(H,33,34)(H,38,39)(H4,26,27,28). The van der Waals surface area contributed by atoms with E-state index in [2.05, 4.69) is 25.9 Å². The third kappa shape index (κ3) is 9.62. The molecule has 4 unspecified atom stereocenters. The second-order valence-electron chi connectivity index (χ2n) is 8.91. The number of carbonyl (C=O) groups is 5. The maximum atomic E-state index is 12.9. The minimum Gasteiger partial charge on any atom is -0.481 e. The number of aromatic nitrogens is 1. The Morgan fingerprint density at radius 3 is 2.28 bits per heavy atom. The third-order valence-corrected chi connectivity index (χ3v) is 5.78. The first kappa shape index (κ1) is 30.6. The summed E-state index contributed by atoms with van der Waals surface area (Å²) in [7, 11) is 0. The van der Waals surface area contributed by atoms with E-state index in [1.54, 1.807) is 18.3 Å². The number of hydrogen-bond donors (Lipinski definition) is 9. The van der Waals surface area contributed by atoms with Crippen molar-refractivity contribution in [3.05, 3.63) is 36.0 Å². The van der Waals surface area contributed by atoms with Crippen LogP contribution < -0.4 is 33.2 Å². The Labute approximate surface area is 223 Å². The van der Waals surface area contributed by atoms with Gasteiger partial charge in [-0.15, -0.1) is 0 Å². The Morgan fingerprint density at radius 1 is 0.974 bits per heavy atom. The van der Waals surface area contributed by atoms with Crippen molar-refractivity contribution in [2.24, 2.45) is 22.2 Å². The van der Waals surface area contributed by atoms with E-state index in [0.29, 0.717) is 12.0 Å². The number of hydrogen-bond acceptors (Lipinski definition) is 7. The van der Waals surface area contributed by atoms with Crippen LogP contribution in [0.15, 0.2) is 35.5 Å². The molecule has 0 saturated heterocycles. The lowest BCUT2D eigenvalue weighted by Crippen LogP contribution is -2.57. The lowest BCUT2D eigenvalue weighted by atomic mass is 10.0. The smallest absolute Gasteiger partial charge is 0.326 e. The number of fused-ring (bicyclic) bond motifs is 1. The fourth-order valence-corrected chi connectivity index (χ4v) is 3.71. The number of nitrogens with zero attached hydrogens (tertiary/aromatic N) is 1. The van der Waals surface area contributed by atoms with Crippen LogP contribution in [0.3, 0.4) is 0 Å². The van der Waals surface area contributed by atoms with E-state index in [1.807, 2.05) is 12.1 Å². The molecule has 2 aromatic rings. The van der Waals surface area contributed by atoms with Gasteiger partial charge in [-0.05, 0) is 31.4 Å². The van der Waals surface area contributed by atoms with Gasteiger partial charge in [-0.25, -0.2) is 4.79 Å². The molecule has 1 heterocycles. The summed E-state index contributed by atoms with van der Waals surface area (Å²) in [5, 5.41) is 26.6. The highest BCUT2D eigenvalue weighted by atomic mass is 16.4. The zero-order chi connectivity index (χ0) is 29.1. The van der Waals surface area contributed by atoms with Gasteiger partial charge in [-0.3, -0.25) is 24.2 Å². The molecule has 0 radical (unpaired) electrons. The van der Waals surface area contributed by atoms with Crippen LogP contribution in [-0.2, 0) is 30.4 Å². The molecule has 0 aliphatic carbocycles. The minimum absolute atomic E-state index is 0.0909. The molecule has 15 nitrogen and oxygen atoms in total. The monoisotopic (exact) mass is 546 g/mol. The van der Waals surface area contributed by atoms with Gasteiger partial charge in [0.2, 0.25) is 17.7 Å². The summed E-state index contributed by atoms with van der Waals surface area (Å²) in [6, 6.07) is 2.05. The molecule has 15 heteroatoms. The number of carboxylic acids is 2. The molecule has 1 aromatic carbocycles. The van der Waals surface area contributed by atoms with Gasteiger partial charge < -0.3 is 48.3 Å². The van der Waals surface area contributed by atoms with E-state index in [-0.39, 0.29) is 25.3 Å². The summed E-state index contributed by atoms with van der Waals surface area (Å²) in [5.41, 5.74) is 17.7. The molecule has 12 N–H and O–H groups in total. The fraction of sp³-hybridized carbons (Fsp3) is 0.417. The molecular weight excluding hydrogens is 512 g/mol. The van der Waals surface area contributed by atoms with Crippen LogP contribution in [0.25, 0.3) is 10.9 Å². The van der Waals surface area contributed by atoms with Crippen molar-refractivity contribution in [2.75, 3.05) is 6.54 Å². The average Bonchev–Trinajstić information content (AvgIpc) is 3.27. The number of aliphatic imine (C=N–C) groups is 1. The molecule has 3 amide bonds. The zero-order valence-electron chi connectivity index (χ0n) is 21.3. The van der Waals surface area contributed by atoms with Crippen molar-refractivity contribution >= 4 is 46.5 Å². The Bertz CT molecular complexity index is 1220. The van der Waals surface area contributed by atoms with Crippen LogP contribution in [0.2, 0.25) is 0 Å². The van der Waals surface area contributed by atoms with Crippen LogP contribution >= 0.6 is 0 Å². The number of nitrogens with one attached hydrogen (secondary N) is 4. The predicted molar refractivity (Wildman–Crippen MR) is 141 cm³/mol. The van der Waals surface area contributed by atoms with Crippen LogP contribution in [0, 0.1) is 0 Å². The summed E-state index contributed by atoms with van der Waals surface area (Å²) in [4.78, 5) is 67.9. The van der Waals surface area contributed by atoms with Gasteiger partial charge in [0.25, 0.3) is 0 Å². The summed E-state index contributed by atoms with van der Waals surface area (Å²) in [5.74, 6) is -5.35. The van der Waals surface area contributed by atoms with Crippen molar-refractivity contribution in [1.82, 2.24) is 20.9 Å². The topological polar surface area (TPSA) is 268 Å². The summed E-state index contributed by atoms with van der Waals surface area (Å²) in [6.45, 7) is 1.59. The second-order valence-corrected chi connectivity index (χ2v) is 8.91. The number of nitrogens with two attached hydrogens (primary N) is 3.